The summed E-state index contributed by atoms with van der Waals surface area (Å²) in [5, 5.41) is 11.0. The lowest BCUT2D eigenvalue weighted by atomic mass is 9.98. The van der Waals surface area contributed by atoms with Gasteiger partial charge < -0.3 is 5.11 Å². The van der Waals surface area contributed by atoms with Crippen molar-refractivity contribution in [2.45, 2.75) is 31.8 Å². The summed E-state index contributed by atoms with van der Waals surface area (Å²) in [7, 11) is 0. The van der Waals surface area contributed by atoms with E-state index in [1.807, 2.05) is 13.0 Å². The summed E-state index contributed by atoms with van der Waals surface area (Å²) in [6.07, 6.45) is 4.70. The number of rotatable bonds is 2. The zero-order chi connectivity index (χ0) is 16.2. The minimum Gasteiger partial charge on any atom is -0.384 e. The van der Waals surface area contributed by atoms with Crippen LogP contribution in [0.1, 0.15) is 31.0 Å². The minimum absolute atomic E-state index is 0.0445. The number of fused-ring (bicyclic) bond motifs is 2. The molecule has 0 aromatic carbocycles. The summed E-state index contributed by atoms with van der Waals surface area (Å²) in [6, 6.07) is 3.73. The van der Waals surface area contributed by atoms with Gasteiger partial charge in [0.1, 0.15) is 11.4 Å². The molecule has 0 radical (unpaired) electrons. The van der Waals surface area contributed by atoms with E-state index in [-0.39, 0.29) is 10.7 Å². The predicted molar refractivity (Wildman–Crippen MR) is 84.1 cm³/mol. The van der Waals surface area contributed by atoms with E-state index in [0.717, 1.165) is 12.0 Å². The summed E-state index contributed by atoms with van der Waals surface area (Å²) in [5.74, 6) is 0.0610. The molecule has 3 heterocycles. The molecule has 1 aliphatic rings. The van der Waals surface area contributed by atoms with Crippen LogP contribution in [0.4, 0.5) is 4.39 Å². The summed E-state index contributed by atoms with van der Waals surface area (Å²) in [4.78, 5) is 12.5. The quantitative estimate of drug-likeness (QED) is 0.732. The molecule has 3 aromatic heterocycles. The number of nitrogens with zero attached hydrogens (tertiary/aromatic N) is 4. The van der Waals surface area contributed by atoms with Crippen LogP contribution >= 0.6 is 11.6 Å². The molecule has 1 atom stereocenters. The standard InChI is InChI=1S/C16H14ClFN4O/c1-2-16(23)6-5-9-3-4-12(20-13(9)16)22-8-11(18)10-7-19-15(17)21-14(10)22/h3-4,7-8,23H,2,5-6H2,1H3. The van der Waals surface area contributed by atoms with E-state index in [2.05, 4.69) is 15.0 Å². The van der Waals surface area contributed by atoms with Crippen LogP contribution in [0.2, 0.25) is 5.28 Å². The Kier molecular flexibility index (Phi) is 3.14. The fraction of sp³-hybridized carbons (Fsp3) is 0.312. The number of hydrogen-bond acceptors (Lipinski definition) is 4. The molecule has 23 heavy (non-hydrogen) atoms. The van der Waals surface area contributed by atoms with Gasteiger partial charge in [-0.05, 0) is 42.5 Å². The van der Waals surface area contributed by atoms with Crippen LogP contribution in [0, 0.1) is 5.82 Å². The van der Waals surface area contributed by atoms with Crippen LogP contribution in [0.25, 0.3) is 16.9 Å². The number of hydrogen-bond donors (Lipinski definition) is 1. The van der Waals surface area contributed by atoms with E-state index in [0.29, 0.717) is 30.0 Å². The van der Waals surface area contributed by atoms with Crippen LogP contribution in [-0.4, -0.2) is 24.6 Å². The van der Waals surface area contributed by atoms with Crippen LogP contribution in [0.5, 0.6) is 0 Å². The lowest BCUT2D eigenvalue weighted by Gasteiger charge is -2.21. The van der Waals surface area contributed by atoms with Gasteiger partial charge in [-0.15, -0.1) is 0 Å². The molecule has 0 aliphatic heterocycles. The van der Waals surface area contributed by atoms with Crippen LogP contribution in [0.15, 0.2) is 24.5 Å². The third-order valence-corrected chi connectivity index (χ3v) is 4.69. The second-order valence-corrected chi connectivity index (χ2v) is 6.12. The average molecular weight is 333 g/mol. The van der Waals surface area contributed by atoms with E-state index < -0.39 is 11.4 Å². The Morgan fingerprint density at radius 3 is 3.00 bits per heavy atom. The first-order valence-corrected chi connectivity index (χ1v) is 7.82. The number of aliphatic hydroxyl groups is 1. The summed E-state index contributed by atoms with van der Waals surface area (Å²) >= 11 is 5.83. The maximum atomic E-state index is 14.1. The van der Waals surface area contributed by atoms with Gasteiger partial charge in [0, 0.05) is 12.4 Å². The van der Waals surface area contributed by atoms with E-state index in [1.54, 1.807) is 6.07 Å². The van der Waals surface area contributed by atoms with Gasteiger partial charge in [0.15, 0.2) is 11.5 Å². The Hall–Kier alpha value is -2.05. The van der Waals surface area contributed by atoms with Crippen LogP contribution in [-0.2, 0) is 12.0 Å². The highest BCUT2D eigenvalue weighted by atomic mass is 35.5. The molecule has 5 nitrogen and oxygen atoms in total. The van der Waals surface area contributed by atoms with Crippen LogP contribution < -0.4 is 0 Å². The van der Waals surface area contributed by atoms with Crippen molar-refractivity contribution in [3.05, 3.63) is 46.9 Å². The molecule has 1 N–H and O–H groups in total. The van der Waals surface area contributed by atoms with Gasteiger partial charge in [-0.2, -0.15) is 4.98 Å². The molecule has 1 unspecified atom stereocenters. The van der Waals surface area contributed by atoms with Crippen molar-refractivity contribution < 1.29 is 9.50 Å². The Bertz CT molecular complexity index is 926. The lowest BCUT2D eigenvalue weighted by Crippen LogP contribution is -2.22. The zero-order valence-electron chi connectivity index (χ0n) is 12.4. The smallest absolute Gasteiger partial charge is 0.224 e. The van der Waals surface area contributed by atoms with E-state index in [9.17, 15) is 9.50 Å². The van der Waals surface area contributed by atoms with Crippen molar-refractivity contribution in [3.8, 4) is 5.82 Å². The summed E-state index contributed by atoms with van der Waals surface area (Å²) < 4.78 is 15.6. The molecule has 4 rings (SSSR count). The molecule has 7 heteroatoms. The Balaban J connectivity index is 1.93. The second kappa shape index (κ2) is 4.97. The largest absolute Gasteiger partial charge is 0.384 e. The van der Waals surface area contributed by atoms with Crippen molar-refractivity contribution >= 4 is 22.6 Å². The molecule has 3 aromatic rings. The molecule has 0 fully saturated rings. The molecule has 0 amide bonds. The average Bonchev–Trinajstić information content (AvgIpc) is 3.06. The minimum atomic E-state index is -0.917. The van der Waals surface area contributed by atoms with Crippen molar-refractivity contribution in [1.29, 1.82) is 0 Å². The van der Waals surface area contributed by atoms with E-state index in [1.165, 1.54) is 17.0 Å². The number of halogens is 2. The molecule has 1 aliphatic carbocycles. The summed E-state index contributed by atoms with van der Waals surface area (Å²) in [5.41, 5.74) is 1.13. The number of aromatic nitrogens is 4. The van der Waals surface area contributed by atoms with Crippen molar-refractivity contribution in [3.63, 3.8) is 0 Å². The third-order valence-electron chi connectivity index (χ3n) is 4.51. The molecular weight excluding hydrogens is 319 g/mol. The first kappa shape index (κ1) is 14.5. The molecule has 118 valence electrons. The van der Waals surface area contributed by atoms with Crippen molar-refractivity contribution in [1.82, 2.24) is 19.5 Å². The molecule has 0 saturated heterocycles. The van der Waals surface area contributed by atoms with Gasteiger partial charge >= 0.3 is 0 Å². The zero-order valence-corrected chi connectivity index (χ0v) is 13.2. The first-order valence-electron chi connectivity index (χ1n) is 7.44. The van der Waals surface area contributed by atoms with Gasteiger partial charge in [-0.1, -0.05) is 13.0 Å². The van der Waals surface area contributed by atoms with Gasteiger partial charge in [-0.25, -0.2) is 14.4 Å². The Labute approximate surface area is 136 Å². The highest BCUT2D eigenvalue weighted by molar-refractivity contribution is 6.28. The summed E-state index contributed by atoms with van der Waals surface area (Å²) in [6.45, 7) is 1.93. The third kappa shape index (κ3) is 2.13. The second-order valence-electron chi connectivity index (χ2n) is 5.79. The predicted octanol–water partition coefficient (Wildman–Crippen LogP) is 3.15. The lowest BCUT2D eigenvalue weighted by molar-refractivity contribution is 0.0306. The van der Waals surface area contributed by atoms with Crippen molar-refractivity contribution in [2.75, 3.05) is 0 Å². The van der Waals surface area contributed by atoms with Crippen LogP contribution in [0.3, 0.4) is 0 Å². The maximum Gasteiger partial charge on any atom is 0.224 e. The van der Waals surface area contributed by atoms with Gasteiger partial charge in [0.25, 0.3) is 0 Å². The topological polar surface area (TPSA) is 63.8 Å². The van der Waals surface area contributed by atoms with Gasteiger partial charge in [0.2, 0.25) is 5.28 Å². The normalized spacial score (nSPS) is 20.2. The SMILES string of the molecule is CCC1(O)CCc2ccc(-n3cc(F)c4cnc(Cl)nc43)nc21. The molecule has 0 bridgehead atoms. The molecular formula is C16H14ClFN4O. The van der Waals surface area contributed by atoms with E-state index in [4.69, 9.17) is 11.6 Å². The fourth-order valence-corrected chi connectivity index (χ4v) is 3.27. The number of pyridine rings is 1. The van der Waals surface area contributed by atoms with E-state index >= 15 is 0 Å². The Morgan fingerprint density at radius 2 is 2.22 bits per heavy atom. The maximum absolute atomic E-state index is 14.1. The fourth-order valence-electron chi connectivity index (χ4n) is 3.14. The van der Waals surface area contributed by atoms with Gasteiger partial charge in [0.05, 0.1) is 11.1 Å². The monoisotopic (exact) mass is 332 g/mol. The highest BCUT2D eigenvalue weighted by Crippen LogP contribution is 2.38. The van der Waals surface area contributed by atoms with Crippen molar-refractivity contribution in [2.24, 2.45) is 0 Å². The Morgan fingerprint density at radius 1 is 1.39 bits per heavy atom. The highest BCUT2D eigenvalue weighted by Gasteiger charge is 2.36. The number of aryl methyl sites for hydroxylation is 1. The van der Waals surface area contributed by atoms with Gasteiger partial charge in [-0.3, -0.25) is 4.57 Å². The molecule has 0 saturated carbocycles. The molecule has 0 spiro atoms. The first-order chi connectivity index (χ1) is 11.0.